The Labute approximate surface area is 109 Å². The molecular formula is C14H23NO3. The van der Waals surface area contributed by atoms with Crippen molar-refractivity contribution in [1.82, 2.24) is 0 Å². The van der Waals surface area contributed by atoms with Gasteiger partial charge in [0.15, 0.2) is 0 Å². The number of ether oxygens (including phenoxy) is 2. The first kappa shape index (κ1) is 14.8. The minimum atomic E-state index is -0.374. The summed E-state index contributed by atoms with van der Waals surface area (Å²) in [5, 5.41) is 9.34. The second kappa shape index (κ2) is 7.24. The molecule has 0 bridgehead atoms. The Balaban J connectivity index is 2.61. The number of benzene rings is 1. The van der Waals surface area contributed by atoms with Crippen LogP contribution in [-0.2, 0) is 0 Å². The second-order valence-corrected chi connectivity index (χ2v) is 4.81. The molecule has 3 N–H and O–H groups in total. The van der Waals surface area contributed by atoms with Crippen LogP contribution in [0.4, 0.5) is 0 Å². The van der Waals surface area contributed by atoms with Crippen molar-refractivity contribution in [1.29, 1.82) is 0 Å². The SMILES string of the molecule is COc1ccc(OC(CO)C(N)CC(C)C)cc1. The fourth-order valence-electron chi connectivity index (χ4n) is 1.79. The van der Waals surface area contributed by atoms with Crippen molar-refractivity contribution < 1.29 is 14.6 Å². The van der Waals surface area contributed by atoms with Gasteiger partial charge in [0.2, 0.25) is 0 Å². The van der Waals surface area contributed by atoms with Gasteiger partial charge in [0, 0.05) is 6.04 Å². The van der Waals surface area contributed by atoms with Crippen LogP contribution in [0, 0.1) is 5.92 Å². The Morgan fingerprint density at radius 1 is 1.17 bits per heavy atom. The van der Waals surface area contributed by atoms with E-state index in [0.717, 1.165) is 12.2 Å². The van der Waals surface area contributed by atoms with Crippen molar-refractivity contribution in [3.63, 3.8) is 0 Å². The van der Waals surface area contributed by atoms with Crippen LogP contribution in [0.2, 0.25) is 0 Å². The highest BCUT2D eigenvalue weighted by atomic mass is 16.5. The number of aliphatic hydroxyl groups excluding tert-OH is 1. The molecule has 1 aromatic rings. The first-order valence-electron chi connectivity index (χ1n) is 6.24. The van der Waals surface area contributed by atoms with Crippen molar-refractivity contribution in [2.75, 3.05) is 13.7 Å². The summed E-state index contributed by atoms with van der Waals surface area (Å²) in [4.78, 5) is 0. The van der Waals surface area contributed by atoms with Gasteiger partial charge in [-0.25, -0.2) is 0 Å². The van der Waals surface area contributed by atoms with E-state index in [-0.39, 0.29) is 18.8 Å². The van der Waals surface area contributed by atoms with Gasteiger partial charge in [0.25, 0.3) is 0 Å². The molecule has 0 saturated heterocycles. The minimum absolute atomic E-state index is 0.0834. The van der Waals surface area contributed by atoms with Gasteiger partial charge in [0.05, 0.1) is 13.7 Å². The highest BCUT2D eigenvalue weighted by Gasteiger charge is 2.19. The van der Waals surface area contributed by atoms with E-state index in [0.29, 0.717) is 11.7 Å². The molecule has 0 aromatic heterocycles. The molecule has 0 spiro atoms. The molecule has 0 radical (unpaired) electrons. The fraction of sp³-hybridized carbons (Fsp3) is 0.571. The maximum Gasteiger partial charge on any atom is 0.137 e. The summed E-state index contributed by atoms with van der Waals surface area (Å²) in [5.74, 6) is 1.94. The summed E-state index contributed by atoms with van der Waals surface area (Å²) in [5.41, 5.74) is 6.02. The van der Waals surface area contributed by atoms with Gasteiger partial charge >= 0.3 is 0 Å². The Morgan fingerprint density at radius 3 is 2.17 bits per heavy atom. The molecule has 4 heteroatoms. The summed E-state index contributed by atoms with van der Waals surface area (Å²) in [6.07, 6.45) is 0.447. The van der Waals surface area contributed by atoms with E-state index in [4.69, 9.17) is 15.2 Å². The normalized spacial score (nSPS) is 14.3. The Bertz CT molecular complexity index is 337. The molecule has 0 amide bonds. The maximum atomic E-state index is 9.34. The first-order valence-corrected chi connectivity index (χ1v) is 6.24. The number of nitrogens with two attached hydrogens (primary N) is 1. The molecule has 2 unspecified atom stereocenters. The maximum absolute atomic E-state index is 9.34. The molecule has 4 nitrogen and oxygen atoms in total. The third-order valence-corrected chi connectivity index (χ3v) is 2.75. The van der Waals surface area contributed by atoms with Gasteiger partial charge in [-0.15, -0.1) is 0 Å². The van der Waals surface area contributed by atoms with Crippen molar-refractivity contribution in [3.8, 4) is 11.5 Å². The van der Waals surface area contributed by atoms with Crippen molar-refractivity contribution >= 4 is 0 Å². The first-order chi connectivity index (χ1) is 8.56. The third kappa shape index (κ3) is 4.55. The van der Waals surface area contributed by atoms with E-state index in [1.54, 1.807) is 7.11 Å². The second-order valence-electron chi connectivity index (χ2n) is 4.81. The van der Waals surface area contributed by atoms with Gasteiger partial charge in [0.1, 0.15) is 17.6 Å². The van der Waals surface area contributed by atoms with Gasteiger partial charge in [-0.1, -0.05) is 13.8 Å². The molecule has 0 fully saturated rings. The van der Waals surface area contributed by atoms with Gasteiger partial charge in [-0.05, 0) is 36.6 Å². The predicted octanol–water partition coefficient (Wildman–Crippen LogP) is 1.81. The van der Waals surface area contributed by atoms with Gasteiger partial charge in [-0.2, -0.15) is 0 Å². The summed E-state index contributed by atoms with van der Waals surface area (Å²) in [7, 11) is 1.62. The molecule has 2 atom stereocenters. The topological polar surface area (TPSA) is 64.7 Å². The van der Waals surface area contributed by atoms with E-state index in [1.165, 1.54) is 0 Å². The lowest BCUT2D eigenvalue weighted by molar-refractivity contribution is 0.0881. The van der Waals surface area contributed by atoms with E-state index in [1.807, 2.05) is 24.3 Å². The van der Waals surface area contributed by atoms with Crippen LogP contribution in [-0.4, -0.2) is 31.0 Å². The van der Waals surface area contributed by atoms with Crippen molar-refractivity contribution in [2.24, 2.45) is 11.7 Å². The van der Waals surface area contributed by atoms with Crippen LogP contribution in [0.15, 0.2) is 24.3 Å². The molecule has 0 aliphatic rings. The molecule has 0 aliphatic carbocycles. The zero-order valence-corrected chi connectivity index (χ0v) is 11.3. The highest BCUT2D eigenvalue weighted by molar-refractivity contribution is 5.31. The van der Waals surface area contributed by atoms with E-state index in [9.17, 15) is 5.11 Å². The molecular weight excluding hydrogens is 230 g/mol. The Morgan fingerprint density at radius 2 is 1.72 bits per heavy atom. The standard InChI is InChI=1S/C14H23NO3/c1-10(2)8-13(15)14(9-16)18-12-6-4-11(17-3)5-7-12/h4-7,10,13-14,16H,8-9,15H2,1-3H3. The summed E-state index contributed by atoms with van der Waals surface area (Å²) in [6, 6.07) is 7.08. The molecule has 1 rings (SSSR count). The number of hydrogen-bond donors (Lipinski definition) is 2. The number of methoxy groups -OCH3 is 1. The predicted molar refractivity (Wildman–Crippen MR) is 71.9 cm³/mol. The molecule has 0 heterocycles. The summed E-state index contributed by atoms with van der Waals surface area (Å²) < 4.78 is 10.8. The fourth-order valence-corrected chi connectivity index (χ4v) is 1.79. The number of aliphatic hydroxyl groups is 1. The average molecular weight is 253 g/mol. The van der Waals surface area contributed by atoms with E-state index < -0.39 is 0 Å². The smallest absolute Gasteiger partial charge is 0.137 e. The van der Waals surface area contributed by atoms with Crippen LogP contribution in [0.3, 0.4) is 0 Å². The lowest BCUT2D eigenvalue weighted by atomic mass is 10.0. The Kier molecular flexibility index (Phi) is 5.95. The quantitative estimate of drug-likeness (QED) is 0.778. The third-order valence-electron chi connectivity index (χ3n) is 2.75. The minimum Gasteiger partial charge on any atom is -0.497 e. The lowest BCUT2D eigenvalue weighted by Crippen LogP contribution is -2.42. The molecule has 0 aliphatic heterocycles. The monoisotopic (exact) mass is 253 g/mol. The van der Waals surface area contributed by atoms with Crippen molar-refractivity contribution in [3.05, 3.63) is 24.3 Å². The summed E-state index contributed by atoms with van der Waals surface area (Å²) in [6.45, 7) is 4.11. The average Bonchev–Trinajstić information content (AvgIpc) is 2.35. The van der Waals surface area contributed by atoms with Crippen LogP contribution >= 0.6 is 0 Å². The molecule has 1 aromatic carbocycles. The number of rotatable bonds is 7. The lowest BCUT2D eigenvalue weighted by Gasteiger charge is -2.24. The van der Waals surface area contributed by atoms with Crippen LogP contribution in [0.5, 0.6) is 11.5 Å². The van der Waals surface area contributed by atoms with Crippen LogP contribution in [0.1, 0.15) is 20.3 Å². The van der Waals surface area contributed by atoms with Crippen LogP contribution in [0.25, 0.3) is 0 Å². The number of hydrogen-bond acceptors (Lipinski definition) is 4. The molecule has 18 heavy (non-hydrogen) atoms. The highest BCUT2D eigenvalue weighted by Crippen LogP contribution is 2.19. The van der Waals surface area contributed by atoms with Gasteiger partial charge < -0.3 is 20.3 Å². The Hall–Kier alpha value is -1.26. The zero-order valence-electron chi connectivity index (χ0n) is 11.3. The van der Waals surface area contributed by atoms with E-state index >= 15 is 0 Å². The van der Waals surface area contributed by atoms with Crippen LogP contribution < -0.4 is 15.2 Å². The van der Waals surface area contributed by atoms with Gasteiger partial charge in [-0.3, -0.25) is 0 Å². The van der Waals surface area contributed by atoms with E-state index in [2.05, 4.69) is 13.8 Å². The zero-order chi connectivity index (χ0) is 13.5. The van der Waals surface area contributed by atoms with Crippen molar-refractivity contribution in [2.45, 2.75) is 32.4 Å². The largest absolute Gasteiger partial charge is 0.497 e. The molecule has 102 valence electrons. The molecule has 0 saturated carbocycles. The summed E-state index contributed by atoms with van der Waals surface area (Å²) >= 11 is 0.